The van der Waals surface area contributed by atoms with Crippen molar-refractivity contribution in [3.8, 4) is 0 Å². The average Bonchev–Trinajstić information content (AvgIpc) is 3.23. The Hall–Kier alpha value is -1.99. The third-order valence-corrected chi connectivity index (χ3v) is 5.81. The Bertz CT molecular complexity index is 653. The first-order chi connectivity index (χ1) is 13.6. The van der Waals surface area contributed by atoms with Gasteiger partial charge in [-0.3, -0.25) is 14.5 Å². The summed E-state index contributed by atoms with van der Waals surface area (Å²) in [6.07, 6.45) is 4.51. The third-order valence-electron chi connectivity index (χ3n) is 5.81. The SMILES string of the molecule is COCCNC(=O)[C@@H](C1CCCC1)N1CCN(C(=O)c2ccc(F)cc2)CC1. The van der Waals surface area contributed by atoms with Gasteiger partial charge in [-0.25, -0.2) is 4.39 Å². The summed E-state index contributed by atoms with van der Waals surface area (Å²) in [5.74, 6) is 0.0195. The fraction of sp³-hybridized carbons (Fsp3) is 0.619. The van der Waals surface area contributed by atoms with Crippen LogP contribution in [0.1, 0.15) is 36.0 Å². The molecule has 1 aliphatic heterocycles. The number of hydrogen-bond acceptors (Lipinski definition) is 4. The van der Waals surface area contributed by atoms with Crippen LogP contribution in [0, 0.1) is 11.7 Å². The molecule has 0 bridgehead atoms. The number of amides is 2. The fourth-order valence-electron chi connectivity index (χ4n) is 4.31. The molecule has 28 heavy (non-hydrogen) atoms. The predicted octanol–water partition coefficient (Wildman–Crippen LogP) is 1.90. The number of piperazine rings is 1. The normalized spacial score (nSPS) is 19.6. The number of ether oxygens (including phenoxy) is 1. The highest BCUT2D eigenvalue weighted by Gasteiger charge is 2.37. The van der Waals surface area contributed by atoms with Gasteiger partial charge in [0, 0.05) is 45.4 Å². The number of rotatable bonds is 7. The van der Waals surface area contributed by atoms with Gasteiger partial charge in [0.1, 0.15) is 5.82 Å². The van der Waals surface area contributed by atoms with E-state index in [-0.39, 0.29) is 23.7 Å². The molecule has 3 rings (SSSR count). The number of carbonyl (C=O) groups excluding carboxylic acids is 2. The van der Waals surface area contributed by atoms with Crippen LogP contribution >= 0.6 is 0 Å². The minimum Gasteiger partial charge on any atom is -0.383 e. The molecule has 154 valence electrons. The molecule has 1 aliphatic carbocycles. The fourth-order valence-corrected chi connectivity index (χ4v) is 4.31. The Balaban J connectivity index is 1.60. The lowest BCUT2D eigenvalue weighted by atomic mass is 9.95. The van der Waals surface area contributed by atoms with Crippen LogP contribution in [0.3, 0.4) is 0 Å². The van der Waals surface area contributed by atoms with Crippen molar-refractivity contribution in [1.82, 2.24) is 15.1 Å². The maximum atomic E-state index is 13.1. The van der Waals surface area contributed by atoms with Crippen LogP contribution in [-0.2, 0) is 9.53 Å². The average molecular weight is 391 g/mol. The highest BCUT2D eigenvalue weighted by atomic mass is 19.1. The van der Waals surface area contributed by atoms with Gasteiger partial charge in [0.15, 0.2) is 0 Å². The van der Waals surface area contributed by atoms with E-state index in [1.165, 1.54) is 37.1 Å². The Morgan fingerprint density at radius 1 is 1.14 bits per heavy atom. The van der Waals surface area contributed by atoms with E-state index < -0.39 is 0 Å². The minimum atomic E-state index is -0.347. The van der Waals surface area contributed by atoms with Gasteiger partial charge in [-0.2, -0.15) is 0 Å². The van der Waals surface area contributed by atoms with Crippen molar-refractivity contribution < 1.29 is 18.7 Å². The van der Waals surface area contributed by atoms with Crippen molar-refractivity contribution in [1.29, 1.82) is 0 Å². The van der Waals surface area contributed by atoms with Crippen LogP contribution in [0.15, 0.2) is 24.3 Å². The highest BCUT2D eigenvalue weighted by molar-refractivity contribution is 5.94. The van der Waals surface area contributed by atoms with E-state index in [1.54, 1.807) is 12.0 Å². The maximum Gasteiger partial charge on any atom is 0.253 e. The van der Waals surface area contributed by atoms with Crippen molar-refractivity contribution in [2.75, 3.05) is 46.4 Å². The summed E-state index contributed by atoms with van der Waals surface area (Å²) in [5, 5.41) is 3.00. The molecule has 0 radical (unpaired) electrons. The smallest absolute Gasteiger partial charge is 0.253 e. The molecule has 1 heterocycles. The second-order valence-corrected chi connectivity index (χ2v) is 7.61. The van der Waals surface area contributed by atoms with Crippen LogP contribution in [0.2, 0.25) is 0 Å². The summed E-state index contributed by atoms with van der Waals surface area (Å²) >= 11 is 0. The van der Waals surface area contributed by atoms with Gasteiger partial charge in [0.2, 0.25) is 5.91 Å². The van der Waals surface area contributed by atoms with Crippen molar-refractivity contribution in [2.24, 2.45) is 5.92 Å². The zero-order chi connectivity index (χ0) is 19.9. The molecule has 2 aliphatic rings. The topological polar surface area (TPSA) is 61.9 Å². The maximum absolute atomic E-state index is 13.1. The van der Waals surface area contributed by atoms with Crippen LogP contribution in [-0.4, -0.2) is 74.1 Å². The molecule has 7 heteroatoms. The molecule has 1 N–H and O–H groups in total. The van der Waals surface area contributed by atoms with Crippen LogP contribution in [0.25, 0.3) is 0 Å². The molecule has 1 saturated carbocycles. The van der Waals surface area contributed by atoms with E-state index >= 15 is 0 Å². The largest absolute Gasteiger partial charge is 0.383 e. The molecule has 0 aromatic heterocycles. The van der Waals surface area contributed by atoms with E-state index in [2.05, 4.69) is 10.2 Å². The number of nitrogens with one attached hydrogen (secondary N) is 1. The molecule has 2 amide bonds. The molecule has 0 spiro atoms. The van der Waals surface area contributed by atoms with E-state index in [9.17, 15) is 14.0 Å². The number of halogens is 1. The van der Waals surface area contributed by atoms with Gasteiger partial charge < -0.3 is 15.0 Å². The molecule has 2 fully saturated rings. The summed E-state index contributed by atoms with van der Waals surface area (Å²) in [5.41, 5.74) is 0.500. The second kappa shape index (κ2) is 9.98. The Kier molecular flexibility index (Phi) is 7.39. The molecule has 6 nitrogen and oxygen atoms in total. The van der Waals surface area contributed by atoms with Crippen molar-refractivity contribution in [3.63, 3.8) is 0 Å². The molecule has 1 aromatic rings. The van der Waals surface area contributed by atoms with Gasteiger partial charge >= 0.3 is 0 Å². The molecule has 1 atom stereocenters. The number of benzene rings is 1. The van der Waals surface area contributed by atoms with Gasteiger partial charge in [0.25, 0.3) is 5.91 Å². The summed E-state index contributed by atoms with van der Waals surface area (Å²) in [4.78, 5) is 29.5. The number of carbonyl (C=O) groups is 2. The monoisotopic (exact) mass is 391 g/mol. The van der Waals surface area contributed by atoms with Gasteiger partial charge in [-0.15, -0.1) is 0 Å². The van der Waals surface area contributed by atoms with Gasteiger partial charge in [-0.1, -0.05) is 12.8 Å². The first-order valence-electron chi connectivity index (χ1n) is 10.2. The number of hydrogen-bond donors (Lipinski definition) is 1. The number of nitrogens with zero attached hydrogens (tertiary/aromatic N) is 2. The highest BCUT2D eigenvalue weighted by Crippen LogP contribution is 2.31. The van der Waals surface area contributed by atoms with E-state index in [0.717, 1.165) is 12.8 Å². The second-order valence-electron chi connectivity index (χ2n) is 7.61. The first kappa shape index (κ1) is 20.7. The Morgan fingerprint density at radius 2 is 1.79 bits per heavy atom. The van der Waals surface area contributed by atoms with Crippen LogP contribution < -0.4 is 5.32 Å². The van der Waals surface area contributed by atoms with Crippen LogP contribution in [0.5, 0.6) is 0 Å². The molecular weight excluding hydrogens is 361 g/mol. The van der Waals surface area contributed by atoms with Crippen molar-refractivity contribution >= 4 is 11.8 Å². The minimum absolute atomic E-state index is 0.0715. The lowest BCUT2D eigenvalue weighted by molar-refractivity contribution is -0.129. The molecular formula is C21H30FN3O3. The lowest BCUT2D eigenvalue weighted by Crippen LogP contribution is -2.58. The summed E-state index contributed by atoms with van der Waals surface area (Å²) < 4.78 is 18.1. The van der Waals surface area contributed by atoms with Crippen molar-refractivity contribution in [3.05, 3.63) is 35.6 Å². The molecule has 1 saturated heterocycles. The summed E-state index contributed by atoms with van der Waals surface area (Å²) in [7, 11) is 1.62. The molecule has 0 unspecified atom stereocenters. The molecule has 1 aromatic carbocycles. The van der Waals surface area contributed by atoms with Gasteiger partial charge in [0.05, 0.1) is 12.6 Å². The summed E-state index contributed by atoms with van der Waals surface area (Å²) in [6.45, 7) is 3.51. The quantitative estimate of drug-likeness (QED) is 0.722. The lowest BCUT2D eigenvalue weighted by Gasteiger charge is -2.40. The van der Waals surface area contributed by atoms with Gasteiger partial charge in [-0.05, 0) is 43.0 Å². The number of methoxy groups -OCH3 is 1. The zero-order valence-electron chi connectivity index (χ0n) is 16.5. The zero-order valence-corrected chi connectivity index (χ0v) is 16.5. The first-order valence-corrected chi connectivity index (χ1v) is 10.2. The van der Waals surface area contributed by atoms with E-state index in [1.807, 2.05) is 0 Å². The standard InChI is InChI=1S/C21H30FN3O3/c1-28-15-10-23-20(26)19(16-4-2-3-5-16)24-11-13-25(14-12-24)21(27)17-6-8-18(22)9-7-17/h6-9,16,19H,2-5,10-15H2,1H3,(H,23,26)/t19-/m1/s1. The Morgan fingerprint density at radius 3 is 2.39 bits per heavy atom. The summed E-state index contributed by atoms with van der Waals surface area (Å²) in [6, 6.07) is 5.53. The van der Waals surface area contributed by atoms with E-state index in [0.29, 0.717) is 50.8 Å². The predicted molar refractivity (Wildman–Crippen MR) is 105 cm³/mol. The van der Waals surface area contributed by atoms with E-state index in [4.69, 9.17) is 4.74 Å². The van der Waals surface area contributed by atoms with Crippen molar-refractivity contribution in [2.45, 2.75) is 31.7 Å². The Labute approximate surface area is 166 Å². The third kappa shape index (κ3) is 5.08. The van der Waals surface area contributed by atoms with Crippen LogP contribution in [0.4, 0.5) is 4.39 Å².